The Hall–Kier alpha value is -1.42. The summed E-state index contributed by atoms with van der Waals surface area (Å²) >= 11 is 0. The molecule has 0 bridgehead atoms. The van der Waals surface area contributed by atoms with Gasteiger partial charge in [0.2, 0.25) is 11.8 Å². The number of hydrogen-bond acceptors (Lipinski definition) is 11. The van der Waals surface area contributed by atoms with Gasteiger partial charge in [0.1, 0.15) is 48.7 Å². The average molecular weight is 438 g/mol. The first-order valence-electron chi connectivity index (χ1n) is 9.43. The number of amides is 2. The number of aliphatic hydroxyl groups is 5. The van der Waals surface area contributed by atoms with Crippen LogP contribution in [0.25, 0.3) is 0 Å². The van der Waals surface area contributed by atoms with E-state index in [0.717, 1.165) is 0 Å². The zero-order valence-electron chi connectivity index (χ0n) is 16.9. The van der Waals surface area contributed by atoms with Crippen LogP contribution in [0.2, 0.25) is 0 Å². The molecule has 0 aromatic carbocycles. The molecular weight excluding hydrogens is 408 g/mol. The zero-order valence-corrected chi connectivity index (χ0v) is 16.9. The van der Waals surface area contributed by atoms with Gasteiger partial charge in [0.05, 0.1) is 13.2 Å². The molecule has 174 valence electrons. The summed E-state index contributed by atoms with van der Waals surface area (Å²) in [6.45, 7) is 1.19. The minimum atomic E-state index is -1.62. The van der Waals surface area contributed by atoms with Crippen molar-refractivity contribution in [2.24, 2.45) is 0 Å². The van der Waals surface area contributed by atoms with Crippen molar-refractivity contribution in [3.8, 4) is 0 Å². The maximum atomic E-state index is 11.6. The van der Waals surface area contributed by atoms with Crippen molar-refractivity contribution in [3.05, 3.63) is 0 Å². The summed E-state index contributed by atoms with van der Waals surface area (Å²) < 4.78 is 21.8. The van der Waals surface area contributed by atoms with E-state index in [1.807, 2.05) is 0 Å². The first kappa shape index (κ1) is 24.8. The van der Waals surface area contributed by atoms with Crippen molar-refractivity contribution in [2.45, 2.75) is 75.1 Å². The number of hydrogen-bond donors (Lipinski definition) is 7. The van der Waals surface area contributed by atoms with Crippen LogP contribution in [0, 0.1) is 0 Å². The van der Waals surface area contributed by atoms with Gasteiger partial charge in [-0.2, -0.15) is 0 Å². The molecule has 2 saturated heterocycles. The quantitative estimate of drug-likeness (QED) is 0.202. The van der Waals surface area contributed by atoms with Gasteiger partial charge in [0.15, 0.2) is 12.6 Å². The third-order valence-corrected chi connectivity index (χ3v) is 5.03. The van der Waals surface area contributed by atoms with Crippen molar-refractivity contribution >= 4 is 11.8 Å². The average Bonchev–Trinajstić information content (AvgIpc) is 2.68. The largest absolute Gasteiger partial charge is 0.394 e. The highest BCUT2D eigenvalue weighted by atomic mass is 16.7. The molecule has 2 aliphatic heterocycles. The Morgan fingerprint density at radius 1 is 0.867 bits per heavy atom. The van der Waals surface area contributed by atoms with Crippen LogP contribution in [0.5, 0.6) is 0 Å². The van der Waals surface area contributed by atoms with Crippen LogP contribution in [0.3, 0.4) is 0 Å². The van der Waals surface area contributed by atoms with E-state index in [2.05, 4.69) is 10.6 Å². The van der Waals surface area contributed by atoms with E-state index in [9.17, 15) is 35.1 Å². The second-order valence-corrected chi connectivity index (χ2v) is 7.21. The fourth-order valence-corrected chi connectivity index (χ4v) is 3.66. The molecule has 13 heteroatoms. The molecular formula is C17H30N2O11. The number of nitrogens with one attached hydrogen (secondary N) is 2. The van der Waals surface area contributed by atoms with Gasteiger partial charge in [-0.05, 0) is 0 Å². The van der Waals surface area contributed by atoms with Crippen LogP contribution >= 0.6 is 0 Å². The van der Waals surface area contributed by atoms with E-state index in [4.69, 9.17) is 18.9 Å². The van der Waals surface area contributed by atoms with E-state index in [0.29, 0.717) is 0 Å². The molecule has 0 unspecified atom stereocenters. The summed E-state index contributed by atoms with van der Waals surface area (Å²) in [6, 6.07) is -2.43. The van der Waals surface area contributed by atoms with Crippen LogP contribution in [0.1, 0.15) is 13.8 Å². The molecule has 30 heavy (non-hydrogen) atoms. The maximum Gasteiger partial charge on any atom is 0.217 e. The van der Waals surface area contributed by atoms with Gasteiger partial charge < -0.3 is 55.1 Å². The summed E-state index contributed by atoms with van der Waals surface area (Å²) in [4.78, 5) is 23.0. The van der Waals surface area contributed by atoms with Gasteiger partial charge in [-0.25, -0.2) is 0 Å². The lowest BCUT2D eigenvalue weighted by molar-refractivity contribution is -0.329. The molecule has 2 amide bonds. The lowest BCUT2D eigenvalue weighted by Gasteiger charge is -2.47. The zero-order chi connectivity index (χ0) is 22.6. The van der Waals surface area contributed by atoms with Gasteiger partial charge in [-0.15, -0.1) is 0 Å². The number of ether oxygens (including phenoxy) is 4. The minimum Gasteiger partial charge on any atom is -0.394 e. The maximum absolute atomic E-state index is 11.6. The Morgan fingerprint density at radius 2 is 1.37 bits per heavy atom. The van der Waals surface area contributed by atoms with Gasteiger partial charge in [0.25, 0.3) is 0 Å². The lowest BCUT2D eigenvalue weighted by Crippen LogP contribution is -2.69. The van der Waals surface area contributed by atoms with Crippen LogP contribution in [0.4, 0.5) is 0 Å². The molecule has 0 aromatic heterocycles. The van der Waals surface area contributed by atoms with Gasteiger partial charge in [-0.3, -0.25) is 9.59 Å². The van der Waals surface area contributed by atoms with Crippen LogP contribution in [-0.4, -0.2) is 119 Å². The normalized spacial score (nSPS) is 41.9. The van der Waals surface area contributed by atoms with Crippen molar-refractivity contribution in [3.63, 3.8) is 0 Å². The summed E-state index contributed by atoms with van der Waals surface area (Å²) in [5, 5.41) is 55.3. The molecule has 0 spiro atoms. The molecule has 0 aliphatic carbocycles. The van der Waals surface area contributed by atoms with Crippen molar-refractivity contribution in [2.75, 3.05) is 20.3 Å². The molecule has 0 radical (unpaired) electrons. The lowest BCUT2D eigenvalue weighted by atomic mass is 9.94. The molecule has 2 aliphatic rings. The van der Waals surface area contributed by atoms with Gasteiger partial charge in [-0.1, -0.05) is 0 Å². The Morgan fingerprint density at radius 3 is 1.87 bits per heavy atom. The highest BCUT2D eigenvalue weighted by Crippen LogP contribution is 2.29. The smallest absolute Gasteiger partial charge is 0.217 e. The summed E-state index contributed by atoms with van der Waals surface area (Å²) in [7, 11) is 1.30. The number of aliphatic hydroxyl groups excluding tert-OH is 5. The van der Waals surface area contributed by atoms with E-state index in [1.165, 1.54) is 21.0 Å². The summed E-state index contributed by atoms with van der Waals surface area (Å²) in [6.07, 6.45) is -10.4. The third kappa shape index (κ3) is 5.43. The van der Waals surface area contributed by atoms with E-state index < -0.39 is 86.3 Å². The molecule has 13 nitrogen and oxygen atoms in total. The second kappa shape index (κ2) is 10.7. The van der Waals surface area contributed by atoms with Crippen molar-refractivity contribution < 1.29 is 54.1 Å². The predicted octanol–water partition coefficient (Wildman–Crippen LogP) is -4.46. The minimum absolute atomic E-state index is 0.515. The SMILES string of the molecule is CO[C@H]1[C@H](O)[C@@H](NC(C)=O)[C@H](O[C@H]2[C@H](O)[C@@H](NC(C)=O)[C@H](O)O[C@@H]2CO)O[C@@H]1CO. The van der Waals surface area contributed by atoms with Crippen molar-refractivity contribution in [1.82, 2.24) is 10.6 Å². The standard InChI is InChI=1S/C17H30N2O11/c1-6(22)18-10-12(24)15(9(5-21)28-16(10)26)30-17-11(19-7(2)23)13(25)14(27-3)8(4-20)29-17/h8-17,20-21,24-26H,4-5H2,1-3H3,(H,18,22)(H,19,23)/t8-,9-,10-,11-,12-,13-,14-,15-,16-,17+/m1/s1. The topological polar surface area (TPSA) is 196 Å². The third-order valence-electron chi connectivity index (χ3n) is 5.03. The second-order valence-electron chi connectivity index (χ2n) is 7.21. The van der Waals surface area contributed by atoms with E-state index in [-0.39, 0.29) is 0 Å². The van der Waals surface area contributed by atoms with Crippen LogP contribution < -0.4 is 10.6 Å². The fraction of sp³-hybridized carbons (Fsp3) is 0.882. The fourth-order valence-electron chi connectivity index (χ4n) is 3.66. The van der Waals surface area contributed by atoms with Crippen LogP contribution in [0.15, 0.2) is 0 Å². The van der Waals surface area contributed by atoms with Gasteiger partial charge >= 0.3 is 0 Å². The van der Waals surface area contributed by atoms with E-state index in [1.54, 1.807) is 0 Å². The molecule has 7 N–H and O–H groups in total. The first-order chi connectivity index (χ1) is 14.1. The highest BCUT2D eigenvalue weighted by Gasteiger charge is 2.51. The number of carbonyl (C=O) groups excluding carboxylic acids is 2. The Labute approximate surface area is 172 Å². The number of methoxy groups -OCH3 is 1. The predicted molar refractivity (Wildman–Crippen MR) is 96.6 cm³/mol. The first-order valence-corrected chi connectivity index (χ1v) is 9.43. The number of carbonyl (C=O) groups is 2. The monoisotopic (exact) mass is 438 g/mol. The molecule has 2 fully saturated rings. The molecule has 0 aromatic rings. The van der Waals surface area contributed by atoms with Crippen LogP contribution in [-0.2, 0) is 28.5 Å². The Kier molecular flexibility index (Phi) is 8.90. The molecule has 2 rings (SSSR count). The highest BCUT2D eigenvalue weighted by molar-refractivity contribution is 5.73. The molecule has 10 atom stereocenters. The molecule has 2 heterocycles. The van der Waals surface area contributed by atoms with E-state index >= 15 is 0 Å². The summed E-state index contributed by atoms with van der Waals surface area (Å²) in [5.41, 5.74) is 0. The Balaban J connectivity index is 2.28. The van der Waals surface area contributed by atoms with Crippen molar-refractivity contribution in [1.29, 1.82) is 0 Å². The number of rotatable bonds is 7. The summed E-state index contributed by atoms with van der Waals surface area (Å²) in [5.74, 6) is -1.06. The molecule has 0 saturated carbocycles. The van der Waals surface area contributed by atoms with Gasteiger partial charge in [0, 0.05) is 21.0 Å². The Bertz CT molecular complexity index is 594.